The summed E-state index contributed by atoms with van der Waals surface area (Å²) in [6, 6.07) is 2.99. The Kier molecular flexibility index (Phi) is 5.16. The van der Waals surface area contributed by atoms with Gasteiger partial charge in [0.25, 0.3) is 0 Å². The lowest BCUT2D eigenvalue weighted by molar-refractivity contribution is -0.0527. The summed E-state index contributed by atoms with van der Waals surface area (Å²) in [4.78, 5) is 10.8. The van der Waals surface area contributed by atoms with E-state index in [1.165, 1.54) is 0 Å². The van der Waals surface area contributed by atoms with Crippen LogP contribution in [0.4, 0.5) is 22.0 Å². The quantitative estimate of drug-likeness (QED) is 0.455. The van der Waals surface area contributed by atoms with Gasteiger partial charge in [-0.1, -0.05) is 6.92 Å². The maximum absolute atomic E-state index is 12.3. The second-order valence-corrected chi connectivity index (χ2v) is 4.47. The summed E-state index contributed by atoms with van der Waals surface area (Å²) in [5.41, 5.74) is -4.63. The van der Waals surface area contributed by atoms with Crippen molar-refractivity contribution in [2.75, 3.05) is 0 Å². The van der Waals surface area contributed by atoms with Crippen LogP contribution in [-0.4, -0.2) is 17.9 Å². The molecular weight excluding hydrogens is 291 g/mol. The van der Waals surface area contributed by atoms with E-state index in [-0.39, 0.29) is 17.8 Å². The van der Waals surface area contributed by atoms with Gasteiger partial charge in [0.15, 0.2) is 5.78 Å². The van der Waals surface area contributed by atoms with Crippen molar-refractivity contribution >= 4 is 17.5 Å². The van der Waals surface area contributed by atoms with Crippen LogP contribution in [0.5, 0.6) is 5.75 Å². The zero-order chi connectivity index (χ0) is 14.6. The molecule has 0 amide bonds. The molecule has 0 aliphatic rings. The van der Waals surface area contributed by atoms with Crippen LogP contribution in [0.2, 0.25) is 0 Å². The third kappa shape index (κ3) is 5.06. The van der Waals surface area contributed by atoms with Gasteiger partial charge in [-0.05, 0) is 30.0 Å². The molecule has 2 nitrogen and oxygen atoms in total. The molecule has 1 aromatic rings. The van der Waals surface area contributed by atoms with Crippen molar-refractivity contribution in [3.05, 3.63) is 23.8 Å². The molecule has 1 aromatic carbocycles. The molecule has 0 saturated heterocycles. The molecular formula is C11H9F5O2S. The van der Waals surface area contributed by atoms with Gasteiger partial charge in [0, 0.05) is 12.0 Å². The van der Waals surface area contributed by atoms with Crippen LogP contribution < -0.4 is 4.74 Å². The van der Waals surface area contributed by atoms with Crippen LogP contribution in [0.25, 0.3) is 0 Å². The Morgan fingerprint density at radius 1 is 1.37 bits per heavy atom. The van der Waals surface area contributed by atoms with Crippen LogP contribution in [0.1, 0.15) is 23.7 Å². The van der Waals surface area contributed by atoms with Gasteiger partial charge in [-0.2, -0.15) is 22.0 Å². The third-order valence-corrected chi connectivity index (χ3v) is 2.80. The fourth-order valence-electron chi connectivity index (χ4n) is 1.28. The fraction of sp³-hybridized carbons (Fsp3) is 0.364. The molecule has 19 heavy (non-hydrogen) atoms. The molecule has 0 unspecified atom stereocenters. The lowest BCUT2D eigenvalue weighted by Crippen LogP contribution is -2.07. The first-order valence-corrected chi connectivity index (χ1v) is 5.92. The highest BCUT2D eigenvalue weighted by Crippen LogP contribution is 2.42. The Morgan fingerprint density at radius 3 is 2.47 bits per heavy atom. The number of hydrogen-bond acceptors (Lipinski definition) is 3. The monoisotopic (exact) mass is 300 g/mol. The number of Topliss-reactive ketones (excluding diaryl/α,β-unsaturated/α-hetero) is 1. The van der Waals surface area contributed by atoms with Gasteiger partial charge in [0.1, 0.15) is 5.75 Å². The Labute approximate surface area is 109 Å². The number of rotatable bonds is 5. The van der Waals surface area contributed by atoms with Crippen molar-refractivity contribution < 1.29 is 31.5 Å². The van der Waals surface area contributed by atoms with Gasteiger partial charge in [-0.25, -0.2) is 0 Å². The number of halogens is 5. The minimum Gasteiger partial charge on any atom is -0.434 e. The number of alkyl halides is 5. The van der Waals surface area contributed by atoms with Crippen molar-refractivity contribution in [3.63, 3.8) is 0 Å². The minimum atomic E-state index is -4.66. The van der Waals surface area contributed by atoms with Crippen molar-refractivity contribution in [1.29, 1.82) is 0 Å². The summed E-state index contributed by atoms with van der Waals surface area (Å²) in [6.07, 6.45) is 0.102. The highest BCUT2D eigenvalue weighted by molar-refractivity contribution is 8.00. The smallest absolute Gasteiger partial charge is 0.434 e. The predicted octanol–water partition coefficient (Wildman–Crippen LogP) is 4.49. The average molecular weight is 300 g/mol. The van der Waals surface area contributed by atoms with E-state index < -0.39 is 34.5 Å². The van der Waals surface area contributed by atoms with Gasteiger partial charge in [0.2, 0.25) is 0 Å². The lowest BCUT2D eigenvalue weighted by Gasteiger charge is -2.13. The molecule has 8 heteroatoms. The first kappa shape index (κ1) is 15.7. The standard InChI is InChI=1S/C11H9F5O2S/c1-2-7(17)6-3-4-8(18-10(12)13)9(5-6)19-11(14,15)16/h3-5,10H,2H2,1H3. The van der Waals surface area contributed by atoms with Gasteiger partial charge < -0.3 is 4.74 Å². The van der Waals surface area contributed by atoms with Crippen LogP contribution in [0.15, 0.2) is 23.1 Å². The van der Waals surface area contributed by atoms with E-state index >= 15 is 0 Å². The summed E-state index contributed by atoms with van der Waals surface area (Å²) in [6.45, 7) is -1.69. The fourth-order valence-corrected chi connectivity index (χ4v) is 1.94. The van der Waals surface area contributed by atoms with E-state index in [1.807, 2.05) is 0 Å². The van der Waals surface area contributed by atoms with Crippen molar-refractivity contribution in [1.82, 2.24) is 0 Å². The second kappa shape index (κ2) is 6.23. The van der Waals surface area contributed by atoms with E-state index in [2.05, 4.69) is 4.74 Å². The Morgan fingerprint density at radius 2 is 2.00 bits per heavy atom. The van der Waals surface area contributed by atoms with Crippen LogP contribution in [-0.2, 0) is 0 Å². The molecule has 0 heterocycles. The van der Waals surface area contributed by atoms with Crippen molar-refractivity contribution in [2.24, 2.45) is 0 Å². The predicted molar refractivity (Wildman–Crippen MR) is 59.6 cm³/mol. The van der Waals surface area contributed by atoms with E-state index in [4.69, 9.17) is 0 Å². The maximum atomic E-state index is 12.3. The Bertz CT molecular complexity index is 459. The van der Waals surface area contributed by atoms with E-state index in [0.717, 1.165) is 18.2 Å². The maximum Gasteiger partial charge on any atom is 0.446 e. The zero-order valence-electron chi connectivity index (χ0n) is 9.63. The minimum absolute atomic E-state index is 0.0240. The summed E-state index contributed by atoms with van der Waals surface area (Å²) in [5.74, 6) is -0.988. The van der Waals surface area contributed by atoms with Crippen LogP contribution in [0, 0.1) is 0 Å². The highest BCUT2D eigenvalue weighted by atomic mass is 32.2. The molecule has 0 bridgehead atoms. The number of carbonyl (C=O) groups is 1. The number of benzene rings is 1. The third-order valence-electron chi connectivity index (χ3n) is 2.03. The number of thioether (sulfide) groups is 1. The summed E-state index contributed by atoms with van der Waals surface area (Å²) < 4.78 is 65.1. The number of ether oxygens (including phenoxy) is 1. The van der Waals surface area contributed by atoms with Gasteiger partial charge >= 0.3 is 12.1 Å². The summed E-state index contributed by atoms with van der Waals surface area (Å²) in [5, 5.41) is 0. The molecule has 0 aliphatic heterocycles. The molecule has 0 aliphatic carbocycles. The molecule has 0 spiro atoms. The highest BCUT2D eigenvalue weighted by Gasteiger charge is 2.31. The molecule has 106 valence electrons. The van der Waals surface area contributed by atoms with Gasteiger partial charge in [-0.15, -0.1) is 0 Å². The van der Waals surface area contributed by atoms with Crippen LogP contribution in [0.3, 0.4) is 0 Å². The normalized spacial score (nSPS) is 11.7. The summed E-state index contributed by atoms with van der Waals surface area (Å²) in [7, 11) is 0. The summed E-state index contributed by atoms with van der Waals surface area (Å²) >= 11 is -0.599. The molecule has 0 aromatic heterocycles. The Hall–Kier alpha value is -1.31. The zero-order valence-corrected chi connectivity index (χ0v) is 10.4. The SMILES string of the molecule is CCC(=O)c1ccc(OC(F)F)c(SC(F)(F)F)c1. The van der Waals surface area contributed by atoms with Crippen molar-refractivity contribution in [2.45, 2.75) is 30.4 Å². The first-order chi connectivity index (χ1) is 8.73. The van der Waals surface area contributed by atoms with E-state index in [9.17, 15) is 26.7 Å². The topological polar surface area (TPSA) is 26.3 Å². The molecule has 0 radical (unpaired) electrons. The largest absolute Gasteiger partial charge is 0.446 e. The van der Waals surface area contributed by atoms with Crippen LogP contribution >= 0.6 is 11.8 Å². The molecule has 0 N–H and O–H groups in total. The lowest BCUT2D eigenvalue weighted by atomic mass is 10.1. The molecule has 0 atom stereocenters. The molecule has 0 fully saturated rings. The number of ketones is 1. The van der Waals surface area contributed by atoms with Crippen molar-refractivity contribution in [3.8, 4) is 5.75 Å². The number of carbonyl (C=O) groups excluding carboxylic acids is 1. The number of hydrogen-bond donors (Lipinski definition) is 0. The average Bonchev–Trinajstić information content (AvgIpc) is 2.28. The molecule has 0 saturated carbocycles. The molecule has 1 rings (SSSR count). The van der Waals surface area contributed by atoms with E-state index in [0.29, 0.717) is 0 Å². The van der Waals surface area contributed by atoms with Gasteiger partial charge in [0.05, 0.1) is 4.90 Å². The Balaban J connectivity index is 3.14. The first-order valence-electron chi connectivity index (χ1n) is 5.10. The second-order valence-electron chi connectivity index (χ2n) is 3.36. The van der Waals surface area contributed by atoms with Gasteiger partial charge in [-0.3, -0.25) is 4.79 Å². The van der Waals surface area contributed by atoms with E-state index in [1.54, 1.807) is 6.92 Å².